The Morgan fingerprint density at radius 2 is 1.78 bits per heavy atom. The normalized spacial score (nSPS) is 12.6. The number of rotatable bonds is 10. The molecule has 1 amide bonds. The first-order valence-corrected chi connectivity index (χ1v) is 14.8. The van der Waals surface area contributed by atoms with Crippen molar-refractivity contribution in [2.24, 2.45) is 0 Å². The third-order valence-electron chi connectivity index (χ3n) is 5.99. The van der Waals surface area contributed by atoms with Gasteiger partial charge in [-0.3, -0.25) is 8.98 Å². The number of nitrogens with zero attached hydrogens (tertiary/aromatic N) is 5. The largest absolute Gasteiger partial charge is 0.523 e. The summed E-state index contributed by atoms with van der Waals surface area (Å²) in [5.41, 5.74) is -5.03. The van der Waals surface area contributed by atoms with E-state index in [9.17, 15) is 39.6 Å². The van der Waals surface area contributed by atoms with Gasteiger partial charge in [-0.2, -0.15) is 31.7 Å². The van der Waals surface area contributed by atoms with E-state index in [4.69, 9.17) is 4.52 Å². The predicted octanol–water partition coefficient (Wildman–Crippen LogP) is 5.61. The fourth-order valence-corrected chi connectivity index (χ4v) is 4.15. The monoisotopic (exact) mass is 664 g/mol. The molecule has 0 unspecified atom stereocenters. The minimum atomic E-state index is -6.17. The average Bonchev–Trinajstić information content (AvgIpc) is 3.63. The van der Waals surface area contributed by atoms with Crippen molar-refractivity contribution in [3.63, 3.8) is 0 Å². The molecule has 45 heavy (non-hydrogen) atoms. The summed E-state index contributed by atoms with van der Waals surface area (Å²) in [6.45, 7) is 7.31. The highest BCUT2D eigenvalue weighted by Gasteiger charge is 2.49. The fraction of sp³-hybridized carbons (Fsp3) is 0.444. The molecule has 4 rings (SSSR count). The molecule has 0 fully saturated rings. The molecule has 1 N–H and O–H groups in total. The van der Waals surface area contributed by atoms with E-state index < -0.39 is 51.7 Å². The van der Waals surface area contributed by atoms with Gasteiger partial charge in [0.25, 0.3) is 17.7 Å². The number of carbonyl (C=O) groups excluding carboxylic acids is 1. The van der Waals surface area contributed by atoms with Crippen molar-refractivity contribution >= 4 is 21.5 Å². The lowest BCUT2D eigenvalue weighted by molar-refractivity contribution is -0.0743. The minimum absolute atomic E-state index is 0.134. The molecule has 11 nitrogen and oxygen atoms in total. The molecule has 3 heterocycles. The van der Waals surface area contributed by atoms with Crippen LogP contribution in [0.4, 0.5) is 26.3 Å². The Morgan fingerprint density at radius 3 is 2.38 bits per heavy atom. The molecule has 246 valence electrons. The van der Waals surface area contributed by atoms with E-state index in [2.05, 4.69) is 29.7 Å². The van der Waals surface area contributed by atoms with Gasteiger partial charge in [-0.15, -0.1) is 0 Å². The molecular weight excluding hydrogens is 634 g/mol. The van der Waals surface area contributed by atoms with E-state index in [-0.39, 0.29) is 41.5 Å². The Labute approximate surface area is 254 Å². The Hall–Kier alpha value is -4.06. The van der Waals surface area contributed by atoms with Gasteiger partial charge in [-0.05, 0) is 24.1 Å². The molecule has 1 aromatic carbocycles. The van der Waals surface area contributed by atoms with E-state index in [1.54, 1.807) is 0 Å². The molecule has 0 spiro atoms. The van der Waals surface area contributed by atoms with Crippen molar-refractivity contribution in [2.45, 2.75) is 70.9 Å². The summed E-state index contributed by atoms with van der Waals surface area (Å²) in [4.78, 5) is 20.6. The number of alkyl halides is 5. The topological polar surface area (TPSA) is 142 Å². The number of carbonyl (C=O) groups is 1. The van der Waals surface area contributed by atoms with Crippen LogP contribution >= 0.6 is 0 Å². The van der Waals surface area contributed by atoms with E-state index in [0.29, 0.717) is 11.1 Å². The second-order valence-electron chi connectivity index (χ2n) is 10.5. The number of fused-ring (bicyclic) bond motifs is 1. The standard InChI is InChI=1S/C25H24F6N6O5S.C2H6/c1-23(2,3)22-35-20(36-42-22)21(38)32-10-16-5-4-15(9-17(16)26)19-18-8-14(11-37(18)34-13-33-19)6-7-24(27,28)12-41-43(39,40)25(29,30)31;1-2/h4-5,8-9,11,13H,6-7,10,12H2,1-3H3,(H,32,38);1-2H3. The van der Waals surface area contributed by atoms with E-state index in [0.717, 1.165) is 12.4 Å². The predicted molar refractivity (Wildman–Crippen MR) is 148 cm³/mol. The first-order valence-electron chi connectivity index (χ1n) is 13.4. The van der Waals surface area contributed by atoms with Crippen molar-refractivity contribution in [1.29, 1.82) is 0 Å². The summed E-state index contributed by atoms with van der Waals surface area (Å²) in [7, 11) is -6.17. The van der Waals surface area contributed by atoms with Crippen LogP contribution in [0.15, 0.2) is 41.3 Å². The Bertz CT molecular complexity index is 1750. The molecule has 4 aromatic rings. The second kappa shape index (κ2) is 13.5. The summed E-state index contributed by atoms with van der Waals surface area (Å²) >= 11 is 0. The third-order valence-corrected chi connectivity index (χ3v) is 6.98. The third kappa shape index (κ3) is 8.78. The molecule has 0 aliphatic heterocycles. The second-order valence-corrected chi connectivity index (χ2v) is 12.1. The Morgan fingerprint density at radius 1 is 1.09 bits per heavy atom. The van der Waals surface area contributed by atoms with Crippen LogP contribution in [-0.2, 0) is 32.7 Å². The van der Waals surface area contributed by atoms with E-state index in [1.165, 1.54) is 28.9 Å². The summed E-state index contributed by atoms with van der Waals surface area (Å²) < 4.78 is 112. The molecule has 0 saturated carbocycles. The van der Waals surface area contributed by atoms with Crippen molar-refractivity contribution in [3.05, 3.63) is 65.4 Å². The van der Waals surface area contributed by atoms with Crippen LogP contribution in [-0.4, -0.2) is 57.1 Å². The van der Waals surface area contributed by atoms with Gasteiger partial charge in [-0.25, -0.2) is 22.7 Å². The van der Waals surface area contributed by atoms with Gasteiger partial charge in [0.05, 0.1) is 11.2 Å². The highest BCUT2D eigenvalue weighted by atomic mass is 32.2. The minimum Gasteiger partial charge on any atom is -0.345 e. The lowest BCUT2D eigenvalue weighted by Crippen LogP contribution is -2.32. The molecule has 0 radical (unpaired) electrons. The Balaban J connectivity index is 0.00000271. The van der Waals surface area contributed by atoms with Gasteiger partial charge in [0, 0.05) is 35.7 Å². The van der Waals surface area contributed by atoms with Gasteiger partial charge in [0.15, 0.2) is 0 Å². The molecule has 0 bridgehead atoms. The Kier molecular flexibility index (Phi) is 10.6. The van der Waals surface area contributed by atoms with Crippen LogP contribution < -0.4 is 5.32 Å². The fourth-order valence-electron chi connectivity index (χ4n) is 3.69. The number of amides is 1. The summed E-state index contributed by atoms with van der Waals surface area (Å²) in [6.07, 6.45) is 1.11. The lowest BCUT2D eigenvalue weighted by atomic mass is 9.97. The van der Waals surface area contributed by atoms with Crippen molar-refractivity contribution in [2.75, 3.05) is 6.61 Å². The van der Waals surface area contributed by atoms with Crippen LogP contribution in [0, 0.1) is 5.82 Å². The lowest BCUT2D eigenvalue weighted by Gasteiger charge is -2.16. The maximum atomic E-state index is 15.0. The van der Waals surface area contributed by atoms with Gasteiger partial charge >= 0.3 is 15.6 Å². The number of hydrogen-bond acceptors (Lipinski definition) is 9. The number of aromatic nitrogens is 5. The van der Waals surface area contributed by atoms with Crippen LogP contribution in [0.2, 0.25) is 0 Å². The van der Waals surface area contributed by atoms with Gasteiger partial charge in [0.1, 0.15) is 18.8 Å². The van der Waals surface area contributed by atoms with Crippen molar-refractivity contribution in [3.8, 4) is 11.3 Å². The number of benzene rings is 1. The SMILES string of the molecule is CC.CC(C)(C)c1nc(C(=O)NCc2ccc(-c3ncnn4cc(CCC(F)(F)COS(=O)(=O)C(F)(F)F)cc34)cc2F)no1. The molecule has 0 aliphatic carbocycles. The number of nitrogens with one attached hydrogen (secondary N) is 1. The summed E-state index contributed by atoms with van der Waals surface area (Å²) in [5, 5.41) is 10.1. The van der Waals surface area contributed by atoms with E-state index in [1.807, 2.05) is 34.6 Å². The quantitative estimate of drug-likeness (QED) is 0.130. The zero-order valence-corrected chi connectivity index (χ0v) is 25.6. The first kappa shape index (κ1) is 35.4. The molecule has 3 aromatic heterocycles. The van der Waals surface area contributed by atoms with Gasteiger partial charge < -0.3 is 9.84 Å². The highest BCUT2D eigenvalue weighted by Crippen LogP contribution is 2.30. The smallest absolute Gasteiger partial charge is 0.345 e. The molecule has 0 saturated heterocycles. The molecular formula is C27H30F6N6O5S. The number of halogens is 6. The summed E-state index contributed by atoms with van der Waals surface area (Å²) in [5.74, 6) is -5.19. The van der Waals surface area contributed by atoms with Gasteiger partial charge in [-0.1, -0.05) is 51.9 Å². The average molecular weight is 665 g/mol. The number of aryl methyl sites for hydroxylation is 1. The van der Waals surface area contributed by atoms with Crippen LogP contribution in [0.25, 0.3) is 16.8 Å². The molecule has 0 atom stereocenters. The molecule has 18 heteroatoms. The van der Waals surface area contributed by atoms with Crippen LogP contribution in [0.1, 0.15) is 68.7 Å². The maximum Gasteiger partial charge on any atom is 0.523 e. The van der Waals surface area contributed by atoms with Gasteiger partial charge in [0.2, 0.25) is 5.89 Å². The zero-order valence-electron chi connectivity index (χ0n) is 24.7. The highest BCUT2D eigenvalue weighted by molar-refractivity contribution is 7.87. The van der Waals surface area contributed by atoms with Crippen molar-refractivity contribution in [1.82, 2.24) is 30.1 Å². The number of hydrogen-bond donors (Lipinski definition) is 1. The summed E-state index contributed by atoms with van der Waals surface area (Å²) in [6, 6.07) is 5.54. The van der Waals surface area contributed by atoms with Crippen LogP contribution in [0.3, 0.4) is 0 Å². The molecule has 0 aliphatic rings. The van der Waals surface area contributed by atoms with E-state index >= 15 is 0 Å². The van der Waals surface area contributed by atoms with Crippen molar-refractivity contribution < 1.29 is 48.3 Å². The maximum absolute atomic E-state index is 15.0. The zero-order chi connectivity index (χ0) is 33.8. The first-order chi connectivity index (χ1) is 20.9. The van der Waals surface area contributed by atoms with Crippen LogP contribution in [0.5, 0.6) is 0 Å².